The van der Waals surface area contributed by atoms with E-state index in [0.717, 1.165) is 17.0 Å². The summed E-state index contributed by atoms with van der Waals surface area (Å²) < 4.78 is 12.4. The predicted molar refractivity (Wildman–Crippen MR) is 90.3 cm³/mol. The molecule has 0 saturated heterocycles. The third kappa shape index (κ3) is 3.81. The Bertz CT molecular complexity index is 812. The minimum atomic E-state index is -0.368. The van der Waals surface area contributed by atoms with Crippen LogP contribution in [0.4, 0.5) is 0 Å². The summed E-state index contributed by atoms with van der Waals surface area (Å²) in [4.78, 5) is 11.7. The maximum Gasteiger partial charge on any atom is 0.341 e. The van der Waals surface area contributed by atoms with Crippen molar-refractivity contribution in [3.63, 3.8) is 0 Å². The Kier molecular flexibility index (Phi) is 4.91. The fourth-order valence-corrected chi connectivity index (χ4v) is 2.26. The van der Waals surface area contributed by atoms with E-state index >= 15 is 0 Å². The van der Waals surface area contributed by atoms with Crippen molar-refractivity contribution in [2.75, 3.05) is 6.61 Å². The summed E-state index contributed by atoms with van der Waals surface area (Å²) in [5.74, 6) is 0.457. The molecule has 5 nitrogen and oxygen atoms in total. The van der Waals surface area contributed by atoms with Crippen LogP contribution in [0.5, 0.6) is 5.75 Å². The van der Waals surface area contributed by atoms with Crippen LogP contribution in [0, 0.1) is 0 Å². The van der Waals surface area contributed by atoms with Crippen LogP contribution in [0.3, 0.4) is 0 Å². The van der Waals surface area contributed by atoms with E-state index in [0.29, 0.717) is 18.8 Å². The van der Waals surface area contributed by atoms with Gasteiger partial charge in [-0.05, 0) is 36.8 Å². The zero-order chi connectivity index (χ0) is 16.8. The normalized spacial score (nSPS) is 10.4. The second-order valence-electron chi connectivity index (χ2n) is 5.17. The van der Waals surface area contributed by atoms with Gasteiger partial charge >= 0.3 is 5.97 Å². The largest absolute Gasteiger partial charge is 0.489 e. The topological polar surface area (TPSA) is 53.3 Å². The predicted octanol–water partition coefficient (Wildman–Crippen LogP) is 3.63. The standard InChI is InChI=1S/C19H18N2O3/c1-2-23-19(22)16-12-20-21(13-16)17-8-6-7-15(11-17)14-24-18-9-4-3-5-10-18/h3-13H,2,14H2,1H3. The van der Waals surface area contributed by atoms with E-state index in [1.54, 1.807) is 17.8 Å². The summed E-state index contributed by atoms with van der Waals surface area (Å²) in [6.07, 6.45) is 3.17. The lowest BCUT2D eigenvalue weighted by atomic mass is 10.2. The van der Waals surface area contributed by atoms with Gasteiger partial charge < -0.3 is 9.47 Å². The molecule has 0 N–H and O–H groups in total. The van der Waals surface area contributed by atoms with Crippen LogP contribution in [0.25, 0.3) is 5.69 Å². The van der Waals surface area contributed by atoms with E-state index in [4.69, 9.17) is 9.47 Å². The minimum Gasteiger partial charge on any atom is -0.489 e. The third-order valence-corrected chi connectivity index (χ3v) is 3.42. The first-order valence-electron chi connectivity index (χ1n) is 7.75. The van der Waals surface area contributed by atoms with E-state index in [9.17, 15) is 4.79 Å². The molecular weight excluding hydrogens is 304 g/mol. The fourth-order valence-electron chi connectivity index (χ4n) is 2.26. The quantitative estimate of drug-likeness (QED) is 0.650. The lowest BCUT2D eigenvalue weighted by Crippen LogP contribution is -2.03. The summed E-state index contributed by atoms with van der Waals surface area (Å²) in [5.41, 5.74) is 2.31. The van der Waals surface area contributed by atoms with Gasteiger partial charge in [0.15, 0.2) is 0 Å². The van der Waals surface area contributed by atoms with Crippen molar-refractivity contribution in [2.45, 2.75) is 13.5 Å². The van der Waals surface area contributed by atoms with Crippen molar-refractivity contribution in [3.8, 4) is 11.4 Å². The number of aromatic nitrogens is 2. The van der Waals surface area contributed by atoms with Crippen molar-refractivity contribution in [1.82, 2.24) is 9.78 Å². The molecule has 1 aromatic heterocycles. The average molecular weight is 322 g/mol. The fraction of sp³-hybridized carbons (Fsp3) is 0.158. The van der Waals surface area contributed by atoms with Gasteiger partial charge in [0, 0.05) is 6.20 Å². The van der Waals surface area contributed by atoms with E-state index in [2.05, 4.69) is 5.10 Å². The Labute approximate surface area is 140 Å². The highest BCUT2D eigenvalue weighted by Gasteiger charge is 2.10. The highest BCUT2D eigenvalue weighted by molar-refractivity contribution is 5.88. The second kappa shape index (κ2) is 7.46. The van der Waals surface area contributed by atoms with Crippen LogP contribution in [-0.4, -0.2) is 22.4 Å². The first-order chi connectivity index (χ1) is 11.8. The minimum absolute atomic E-state index is 0.344. The summed E-state index contributed by atoms with van der Waals surface area (Å²) in [6.45, 7) is 2.58. The second-order valence-corrected chi connectivity index (χ2v) is 5.17. The van der Waals surface area contributed by atoms with Crippen LogP contribution in [0.2, 0.25) is 0 Å². The van der Waals surface area contributed by atoms with Crippen LogP contribution in [0.15, 0.2) is 67.0 Å². The molecule has 0 unspecified atom stereocenters. The first-order valence-corrected chi connectivity index (χ1v) is 7.75. The Morgan fingerprint density at radius 2 is 1.96 bits per heavy atom. The molecule has 3 rings (SSSR count). The van der Waals surface area contributed by atoms with Crippen LogP contribution in [-0.2, 0) is 11.3 Å². The summed E-state index contributed by atoms with van der Waals surface area (Å²) in [6, 6.07) is 17.5. The van der Waals surface area contributed by atoms with E-state index < -0.39 is 0 Å². The zero-order valence-electron chi connectivity index (χ0n) is 13.4. The van der Waals surface area contributed by atoms with Crippen LogP contribution >= 0.6 is 0 Å². The van der Waals surface area contributed by atoms with Crippen molar-refractivity contribution < 1.29 is 14.3 Å². The molecule has 24 heavy (non-hydrogen) atoms. The summed E-state index contributed by atoms with van der Waals surface area (Å²) in [5, 5.41) is 4.22. The molecule has 2 aromatic carbocycles. The number of benzene rings is 2. The van der Waals surface area contributed by atoms with E-state index in [-0.39, 0.29) is 5.97 Å². The lowest BCUT2D eigenvalue weighted by Gasteiger charge is -2.08. The maximum absolute atomic E-state index is 11.7. The highest BCUT2D eigenvalue weighted by atomic mass is 16.5. The summed E-state index contributed by atoms with van der Waals surface area (Å²) >= 11 is 0. The smallest absolute Gasteiger partial charge is 0.341 e. The molecule has 0 spiro atoms. The molecule has 0 aliphatic carbocycles. The molecule has 0 bridgehead atoms. The van der Waals surface area contributed by atoms with Crippen LogP contribution in [0.1, 0.15) is 22.8 Å². The molecular formula is C19H18N2O3. The van der Waals surface area contributed by atoms with E-state index in [1.807, 2.05) is 54.6 Å². The number of para-hydroxylation sites is 1. The monoisotopic (exact) mass is 322 g/mol. The molecule has 122 valence electrons. The Morgan fingerprint density at radius 3 is 2.75 bits per heavy atom. The number of hydrogen-bond donors (Lipinski definition) is 0. The van der Waals surface area contributed by atoms with Gasteiger partial charge in [0.25, 0.3) is 0 Å². The molecule has 1 heterocycles. The number of carbonyl (C=O) groups excluding carboxylic acids is 1. The Balaban J connectivity index is 1.72. The molecule has 0 fully saturated rings. The number of esters is 1. The molecule has 0 saturated carbocycles. The van der Waals surface area contributed by atoms with Gasteiger partial charge in [0.2, 0.25) is 0 Å². The first kappa shape index (κ1) is 15.8. The zero-order valence-corrected chi connectivity index (χ0v) is 13.4. The SMILES string of the molecule is CCOC(=O)c1cnn(-c2cccc(COc3ccccc3)c2)c1. The van der Waals surface area contributed by atoms with Gasteiger partial charge in [0.05, 0.1) is 24.1 Å². The molecule has 5 heteroatoms. The van der Waals surface area contributed by atoms with Gasteiger partial charge in [-0.1, -0.05) is 30.3 Å². The average Bonchev–Trinajstić information content (AvgIpc) is 3.12. The number of carbonyl (C=O) groups is 1. The Morgan fingerprint density at radius 1 is 1.12 bits per heavy atom. The number of nitrogens with zero attached hydrogens (tertiary/aromatic N) is 2. The van der Waals surface area contributed by atoms with Gasteiger partial charge in [-0.2, -0.15) is 5.10 Å². The van der Waals surface area contributed by atoms with Crippen molar-refractivity contribution in [3.05, 3.63) is 78.1 Å². The molecule has 0 radical (unpaired) electrons. The van der Waals surface area contributed by atoms with Crippen molar-refractivity contribution in [2.24, 2.45) is 0 Å². The van der Waals surface area contributed by atoms with Crippen molar-refractivity contribution >= 4 is 5.97 Å². The summed E-state index contributed by atoms with van der Waals surface area (Å²) in [7, 11) is 0. The highest BCUT2D eigenvalue weighted by Crippen LogP contribution is 2.15. The van der Waals surface area contributed by atoms with Crippen LogP contribution < -0.4 is 4.74 Å². The molecule has 0 atom stereocenters. The van der Waals surface area contributed by atoms with Gasteiger partial charge in [-0.25, -0.2) is 9.48 Å². The molecule has 0 aliphatic rings. The van der Waals surface area contributed by atoms with Gasteiger partial charge in [-0.3, -0.25) is 0 Å². The molecule has 3 aromatic rings. The Hall–Kier alpha value is -3.08. The third-order valence-electron chi connectivity index (χ3n) is 3.42. The van der Waals surface area contributed by atoms with Gasteiger partial charge in [-0.15, -0.1) is 0 Å². The molecule has 0 amide bonds. The number of hydrogen-bond acceptors (Lipinski definition) is 4. The van der Waals surface area contributed by atoms with Crippen molar-refractivity contribution in [1.29, 1.82) is 0 Å². The number of rotatable bonds is 6. The van der Waals surface area contributed by atoms with Gasteiger partial charge in [0.1, 0.15) is 12.4 Å². The maximum atomic E-state index is 11.7. The number of ether oxygens (including phenoxy) is 2. The van der Waals surface area contributed by atoms with E-state index in [1.165, 1.54) is 6.20 Å². The lowest BCUT2D eigenvalue weighted by molar-refractivity contribution is 0.0526. The molecule has 0 aliphatic heterocycles.